The number of hydrogen-bond acceptors (Lipinski definition) is 1. The minimum atomic E-state index is -0.213. The van der Waals surface area contributed by atoms with Gasteiger partial charge in [0.15, 0.2) is 0 Å². The van der Waals surface area contributed by atoms with Crippen LogP contribution in [0.4, 0.5) is 0 Å². The fraction of sp³-hybridized carbons (Fsp3) is 0.500. The van der Waals surface area contributed by atoms with Gasteiger partial charge in [0.05, 0.1) is 6.10 Å². The minimum Gasteiger partial charge on any atom is -0.393 e. The van der Waals surface area contributed by atoms with Crippen molar-refractivity contribution in [2.45, 2.75) is 39.2 Å². The molecule has 13 heavy (non-hydrogen) atoms. The first-order valence-electron chi connectivity index (χ1n) is 4.85. The van der Waals surface area contributed by atoms with Crippen LogP contribution < -0.4 is 0 Å². The molecule has 72 valence electrons. The van der Waals surface area contributed by atoms with Crippen molar-refractivity contribution in [1.29, 1.82) is 0 Å². The first-order chi connectivity index (χ1) is 6.11. The SMILES string of the molecule is Cc1ccccc1C(C)CC(C)O. The molecule has 0 aliphatic carbocycles. The van der Waals surface area contributed by atoms with E-state index >= 15 is 0 Å². The van der Waals surface area contributed by atoms with E-state index in [1.165, 1.54) is 11.1 Å². The van der Waals surface area contributed by atoms with Gasteiger partial charge in [0.25, 0.3) is 0 Å². The van der Waals surface area contributed by atoms with Crippen LogP contribution in [0.5, 0.6) is 0 Å². The summed E-state index contributed by atoms with van der Waals surface area (Å²) in [5.41, 5.74) is 2.67. The summed E-state index contributed by atoms with van der Waals surface area (Å²) in [7, 11) is 0. The normalized spacial score (nSPS) is 15.4. The molecule has 0 fully saturated rings. The maximum absolute atomic E-state index is 9.27. The van der Waals surface area contributed by atoms with Gasteiger partial charge in [-0.1, -0.05) is 31.2 Å². The van der Waals surface area contributed by atoms with E-state index < -0.39 is 0 Å². The molecule has 0 saturated heterocycles. The highest BCUT2D eigenvalue weighted by atomic mass is 16.3. The third-order valence-corrected chi connectivity index (χ3v) is 2.41. The van der Waals surface area contributed by atoms with Crippen molar-refractivity contribution in [3.8, 4) is 0 Å². The van der Waals surface area contributed by atoms with Gasteiger partial charge in [0, 0.05) is 0 Å². The molecule has 1 heteroatoms. The van der Waals surface area contributed by atoms with E-state index in [1.54, 1.807) is 0 Å². The van der Waals surface area contributed by atoms with E-state index in [0.717, 1.165) is 6.42 Å². The summed E-state index contributed by atoms with van der Waals surface area (Å²) < 4.78 is 0. The standard InChI is InChI=1S/C12H18O/c1-9-6-4-5-7-12(9)10(2)8-11(3)13/h4-7,10-11,13H,8H2,1-3H3. The van der Waals surface area contributed by atoms with Crippen molar-refractivity contribution >= 4 is 0 Å². The average Bonchev–Trinajstić information content (AvgIpc) is 2.03. The predicted molar refractivity (Wildman–Crippen MR) is 55.9 cm³/mol. The van der Waals surface area contributed by atoms with Gasteiger partial charge >= 0.3 is 0 Å². The molecule has 2 unspecified atom stereocenters. The maximum Gasteiger partial charge on any atom is 0.0517 e. The number of aliphatic hydroxyl groups excluding tert-OH is 1. The molecule has 0 aliphatic heterocycles. The van der Waals surface area contributed by atoms with Crippen molar-refractivity contribution < 1.29 is 5.11 Å². The van der Waals surface area contributed by atoms with E-state index in [1.807, 2.05) is 13.0 Å². The predicted octanol–water partition coefficient (Wildman–Crippen LogP) is 2.87. The summed E-state index contributed by atoms with van der Waals surface area (Å²) in [6.45, 7) is 6.12. The van der Waals surface area contributed by atoms with Gasteiger partial charge in [-0.05, 0) is 37.3 Å². The smallest absolute Gasteiger partial charge is 0.0517 e. The van der Waals surface area contributed by atoms with Gasteiger partial charge in [-0.25, -0.2) is 0 Å². The average molecular weight is 178 g/mol. The number of aliphatic hydroxyl groups is 1. The van der Waals surface area contributed by atoms with Gasteiger partial charge in [-0.15, -0.1) is 0 Å². The highest BCUT2D eigenvalue weighted by Gasteiger charge is 2.09. The van der Waals surface area contributed by atoms with E-state index in [-0.39, 0.29) is 6.10 Å². The van der Waals surface area contributed by atoms with E-state index in [9.17, 15) is 5.11 Å². The molecule has 1 aromatic carbocycles. The van der Waals surface area contributed by atoms with Crippen LogP contribution in [0, 0.1) is 6.92 Å². The lowest BCUT2D eigenvalue weighted by atomic mass is 9.92. The fourth-order valence-electron chi connectivity index (χ4n) is 1.78. The summed E-state index contributed by atoms with van der Waals surface area (Å²) in [6, 6.07) is 8.37. The van der Waals surface area contributed by atoms with Crippen molar-refractivity contribution in [2.24, 2.45) is 0 Å². The zero-order valence-electron chi connectivity index (χ0n) is 8.62. The van der Waals surface area contributed by atoms with Gasteiger partial charge in [-0.2, -0.15) is 0 Å². The molecular formula is C12H18O. The molecule has 1 nitrogen and oxygen atoms in total. The third-order valence-electron chi connectivity index (χ3n) is 2.41. The Morgan fingerprint density at radius 1 is 1.23 bits per heavy atom. The van der Waals surface area contributed by atoms with Crippen LogP contribution in [0.1, 0.15) is 37.3 Å². The summed E-state index contributed by atoms with van der Waals surface area (Å²) in [4.78, 5) is 0. The Kier molecular flexibility index (Phi) is 3.49. The van der Waals surface area contributed by atoms with Gasteiger partial charge in [0.1, 0.15) is 0 Å². The lowest BCUT2D eigenvalue weighted by Gasteiger charge is -2.15. The van der Waals surface area contributed by atoms with Crippen LogP contribution in [0.25, 0.3) is 0 Å². The van der Waals surface area contributed by atoms with Crippen molar-refractivity contribution in [1.82, 2.24) is 0 Å². The van der Waals surface area contributed by atoms with E-state index in [2.05, 4.69) is 32.0 Å². The summed E-state index contributed by atoms with van der Waals surface area (Å²) in [5, 5.41) is 9.27. The molecule has 0 amide bonds. The van der Waals surface area contributed by atoms with Crippen molar-refractivity contribution in [3.63, 3.8) is 0 Å². The van der Waals surface area contributed by atoms with Crippen molar-refractivity contribution in [3.05, 3.63) is 35.4 Å². The zero-order valence-corrected chi connectivity index (χ0v) is 8.62. The molecule has 0 heterocycles. The molecule has 0 spiro atoms. The molecule has 0 saturated carbocycles. The Bertz CT molecular complexity index is 266. The third kappa shape index (κ3) is 2.85. The second-order valence-electron chi connectivity index (χ2n) is 3.84. The number of benzene rings is 1. The Morgan fingerprint density at radius 3 is 2.38 bits per heavy atom. The van der Waals surface area contributed by atoms with Crippen LogP contribution in [0.15, 0.2) is 24.3 Å². The molecule has 1 aromatic rings. The molecular weight excluding hydrogens is 160 g/mol. The molecule has 0 radical (unpaired) electrons. The van der Waals surface area contributed by atoms with Crippen molar-refractivity contribution in [2.75, 3.05) is 0 Å². The number of aryl methyl sites for hydroxylation is 1. The largest absolute Gasteiger partial charge is 0.393 e. The van der Waals surface area contributed by atoms with E-state index in [0.29, 0.717) is 5.92 Å². The topological polar surface area (TPSA) is 20.2 Å². The molecule has 0 aromatic heterocycles. The molecule has 0 bridgehead atoms. The number of rotatable bonds is 3. The van der Waals surface area contributed by atoms with Crippen LogP contribution in [0.2, 0.25) is 0 Å². The fourth-order valence-corrected chi connectivity index (χ4v) is 1.78. The Balaban J connectivity index is 2.76. The van der Waals surface area contributed by atoms with E-state index in [4.69, 9.17) is 0 Å². The first-order valence-corrected chi connectivity index (χ1v) is 4.85. The molecule has 0 aliphatic rings. The monoisotopic (exact) mass is 178 g/mol. The summed E-state index contributed by atoms with van der Waals surface area (Å²) in [5.74, 6) is 0.446. The Hall–Kier alpha value is -0.820. The van der Waals surface area contributed by atoms with Crippen LogP contribution in [-0.2, 0) is 0 Å². The van der Waals surface area contributed by atoms with Crippen LogP contribution in [-0.4, -0.2) is 11.2 Å². The second-order valence-corrected chi connectivity index (χ2v) is 3.84. The Labute approximate surface area is 80.4 Å². The van der Waals surface area contributed by atoms with Gasteiger partial charge < -0.3 is 5.11 Å². The lowest BCUT2D eigenvalue weighted by molar-refractivity contribution is 0.176. The highest BCUT2D eigenvalue weighted by molar-refractivity contribution is 5.28. The molecule has 1 N–H and O–H groups in total. The Morgan fingerprint density at radius 2 is 1.85 bits per heavy atom. The highest BCUT2D eigenvalue weighted by Crippen LogP contribution is 2.23. The van der Waals surface area contributed by atoms with Crippen LogP contribution in [0.3, 0.4) is 0 Å². The first kappa shape index (κ1) is 10.3. The van der Waals surface area contributed by atoms with Crippen LogP contribution >= 0.6 is 0 Å². The quantitative estimate of drug-likeness (QED) is 0.754. The summed E-state index contributed by atoms with van der Waals surface area (Å²) in [6.07, 6.45) is 0.625. The van der Waals surface area contributed by atoms with Gasteiger partial charge in [0.2, 0.25) is 0 Å². The number of hydrogen-bond donors (Lipinski definition) is 1. The minimum absolute atomic E-state index is 0.213. The second kappa shape index (κ2) is 4.43. The van der Waals surface area contributed by atoms with Gasteiger partial charge in [-0.3, -0.25) is 0 Å². The molecule has 1 rings (SSSR count). The summed E-state index contributed by atoms with van der Waals surface area (Å²) >= 11 is 0. The lowest BCUT2D eigenvalue weighted by Crippen LogP contribution is -2.06. The maximum atomic E-state index is 9.27. The molecule has 2 atom stereocenters. The zero-order chi connectivity index (χ0) is 9.84.